The van der Waals surface area contributed by atoms with Gasteiger partial charge in [-0.1, -0.05) is 43.7 Å². The van der Waals surface area contributed by atoms with E-state index in [-0.39, 0.29) is 11.3 Å². The third-order valence-corrected chi connectivity index (χ3v) is 4.76. The number of carbonyl (C=O) groups is 1. The maximum atomic E-state index is 12.8. The number of piperidine rings is 1. The highest BCUT2D eigenvalue weighted by atomic mass is 16.2. The predicted octanol–water partition coefficient (Wildman–Crippen LogP) is 2.98. The van der Waals surface area contributed by atoms with Crippen LogP contribution in [0.3, 0.4) is 0 Å². The van der Waals surface area contributed by atoms with E-state index in [2.05, 4.69) is 50.4 Å². The van der Waals surface area contributed by atoms with Gasteiger partial charge >= 0.3 is 0 Å². The van der Waals surface area contributed by atoms with Crippen molar-refractivity contribution in [1.82, 2.24) is 10.2 Å². The van der Waals surface area contributed by atoms with Crippen LogP contribution in [0.15, 0.2) is 24.3 Å². The molecule has 1 aromatic carbocycles. The largest absolute Gasteiger partial charge is 0.341 e. The molecule has 1 N–H and O–H groups in total. The van der Waals surface area contributed by atoms with Crippen LogP contribution in [0, 0.1) is 18.3 Å². The topological polar surface area (TPSA) is 32.3 Å². The Labute approximate surface area is 128 Å². The number of amides is 1. The molecule has 0 bridgehead atoms. The van der Waals surface area contributed by atoms with Gasteiger partial charge in [-0.05, 0) is 44.3 Å². The second-order valence-electron chi connectivity index (χ2n) is 6.91. The first kappa shape index (κ1) is 16.0. The number of carbonyl (C=O) groups excluding carboxylic acids is 1. The molecule has 1 heterocycles. The van der Waals surface area contributed by atoms with Crippen molar-refractivity contribution in [2.24, 2.45) is 11.3 Å². The summed E-state index contributed by atoms with van der Waals surface area (Å²) >= 11 is 0. The molecule has 0 spiro atoms. The van der Waals surface area contributed by atoms with E-state index < -0.39 is 0 Å². The molecule has 0 aliphatic carbocycles. The van der Waals surface area contributed by atoms with Gasteiger partial charge in [0.2, 0.25) is 5.91 Å². The molecule has 1 amide bonds. The fourth-order valence-corrected chi connectivity index (χ4v) is 3.17. The van der Waals surface area contributed by atoms with Crippen molar-refractivity contribution in [3.63, 3.8) is 0 Å². The molecule has 1 aliphatic rings. The van der Waals surface area contributed by atoms with Gasteiger partial charge in [0.15, 0.2) is 0 Å². The van der Waals surface area contributed by atoms with Crippen LogP contribution < -0.4 is 5.32 Å². The molecule has 1 aliphatic heterocycles. The molecule has 0 saturated carbocycles. The summed E-state index contributed by atoms with van der Waals surface area (Å²) in [6.07, 6.45) is 2.31. The molecule has 116 valence electrons. The quantitative estimate of drug-likeness (QED) is 0.924. The lowest BCUT2D eigenvalue weighted by Crippen LogP contribution is -2.47. The normalized spacial score (nSPS) is 19.3. The first-order valence-corrected chi connectivity index (χ1v) is 7.93. The van der Waals surface area contributed by atoms with Crippen molar-refractivity contribution in [2.75, 3.05) is 20.1 Å². The minimum absolute atomic E-state index is 0.247. The molecule has 2 rings (SSSR count). The number of nitrogens with one attached hydrogen (secondary N) is 1. The first-order chi connectivity index (χ1) is 9.91. The summed E-state index contributed by atoms with van der Waals surface area (Å²) in [4.78, 5) is 14.7. The minimum Gasteiger partial charge on any atom is -0.341 e. The standard InChI is InChI=1S/C18H28N2O/c1-14-7-9-15(10-8-14)13-20(4)17(21)18(2,3)16-6-5-11-19-12-16/h7-10,16,19H,5-6,11-13H2,1-4H3. The van der Waals surface area contributed by atoms with Crippen molar-refractivity contribution in [1.29, 1.82) is 0 Å². The van der Waals surface area contributed by atoms with Crippen LogP contribution >= 0.6 is 0 Å². The highest BCUT2D eigenvalue weighted by Crippen LogP contribution is 2.33. The van der Waals surface area contributed by atoms with E-state index in [1.807, 2.05) is 11.9 Å². The van der Waals surface area contributed by atoms with Crippen LogP contribution in [0.4, 0.5) is 0 Å². The zero-order chi connectivity index (χ0) is 15.5. The van der Waals surface area contributed by atoms with Crippen LogP contribution in [0.25, 0.3) is 0 Å². The van der Waals surface area contributed by atoms with E-state index in [9.17, 15) is 4.79 Å². The summed E-state index contributed by atoms with van der Waals surface area (Å²) in [7, 11) is 1.92. The van der Waals surface area contributed by atoms with E-state index >= 15 is 0 Å². The lowest BCUT2D eigenvalue weighted by molar-refractivity contribution is -0.143. The number of hydrogen-bond donors (Lipinski definition) is 1. The van der Waals surface area contributed by atoms with Crippen molar-refractivity contribution >= 4 is 5.91 Å². The molecule has 1 unspecified atom stereocenters. The highest BCUT2D eigenvalue weighted by molar-refractivity contribution is 5.82. The molecular weight excluding hydrogens is 260 g/mol. The predicted molar refractivity (Wildman–Crippen MR) is 87.0 cm³/mol. The van der Waals surface area contributed by atoms with Crippen LogP contribution in [-0.2, 0) is 11.3 Å². The lowest BCUT2D eigenvalue weighted by atomic mass is 9.74. The van der Waals surface area contributed by atoms with Crippen LogP contribution in [0.1, 0.15) is 37.8 Å². The molecule has 0 radical (unpaired) electrons. The van der Waals surface area contributed by atoms with Crippen LogP contribution in [-0.4, -0.2) is 30.9 Å². The number of rotatable bonds is 4. The van der Waals surface area contributed by atoms with Gasteiger partial charge in [-0.25, -0.2) is 0 Å². The molecule has 3 heteroatoms. The Morgan fingerprint density at radius 2 is 2.00 bits per heavy atom. The van der Waals surface area contributed by atoms with Crippen LogP contribution in [0.2, 0.25) is 0 Å². The third-order valence-electron chi connectivity index (χ3n) is 4.76. The second-order valence-corrected chi connectivity index (χ2v) is 6.91. The van der Waals surface area contributed by atoms with Crippen molar-refractivity contribution in [3.8, 4) is 0 Å². The minimum atomic E-state index is -0.299. The van der Waals surface area contributed by atoms with Gasteiger partial charge in [0.25, 0.3) is 0 Å². The molecular formula is C18H28N2O. The van der Waals surface area contributed by atoms with Crippen LogP contribution in [0.5, 0.6) is 0 Å². The number of nitrogens with zero attached hydrogens (tertiary/aromatic N) is 1. The van der Waals surface area contributed by atoms with Gasteiger partial charge in [0.1, 0.15) is 0 Å². The van der Waals surface area contributed by atoms with E-state index in [4.69, 9.17) is 0 Å². The smallest absolute Gasteiger partial charge is 0.228 e. The van der Waals surface area contributed by atoms with Gasteiger partial charge in [0.05, 0.1) is 0 Å². The van der Waals surface area contributed by atoms with Crippen molar-refractivity contribution < 1.29 is 4.79 Å². The summed E-state index contributed by atoms with van der Waals surface area (Å²) in [6.45, 7) is 8.99. The van der Waals surface area contributed by atoms with Gasteiger partial charge in [-0.2, -0.15) is 0 Å². The van der Waals surface area contributed by atoms with Gasteiger partial charge < -0.3 is 10.2 Å². The molecule has 1 saturated heterocycles. The Kier molecular flexibility index (Phi) is 5.04. The SMILES string of the molecule is Cc1ccc(CN(C)C(=O)C(C)(C)C2CCCNC2)cc1. The zero-order valence-electron chi connectivity index (χ0n) is 13.8. The van der Waals surface area contributed by atoms with Gasteiger partial charge in [-0.3, -0.25) is 4.79 Å². The van der Waals surface area contributed by atoms with E-state index in [1.165, 1.54) is 17.5 Å². The van der Waals surface area contributed by atoms with E-state index in [0.717, 1.165) is 19.5 Å². The molecule has 0 aromatic heterocycles. The highest BCUT2D eigenvalue weighted by Gasteiger charge is 2.38. The molecule has 3 nitrogen and oxygen atoms in total. The van der Waals surface area contributed by atoms with E-state index in [1.54, 1.807) is 0 Å². The fraction of sp³-hybridized carbons (Fsp3) is 0.611. The summed E-state index contributed by atoms with van der Waals surface area (Å²) in [6, 6.07) is 8.41. The monoisotopic (exact) mass is 288 g/mol. The second kappa shape index (κ2) is 6.61. The first-order valence-electron chi connectivity index (χ1n) is 7.93. The Hall–Kier alpha value is -1.35. The maximum Gasteiger partial charge on any atom is 0.228 e. The average molecular weight is 288 g/mol. The Bertz CT molecular complexity index is 472. The summed E-state index contributed by atoms with van der Waals surface area (Å²) in [5.41, 5.74) is 2.14. The Morgan fingerprint density at radius 3 is 2.57 bits per heavy atom. The molecule has 1 fully saturated rings. The lowest BCUT2D eigenvalue weighted by Gasteiger charge is -2.38. The van der Waals surface area contributed by atoms with Gasteiger partial charge in [0, 0.05) is 19.0 Å². The Morgan fingerprint density at radius 1 is 1.33 bits per heavy atom. The van der Waals surface area contributed by atoms with Gasteiger partial charge in [-0.15, -0.1) is 0 Å². The molecule has 21 heavy (non-hydrogen) atoms. The fourth-order valence-electron chi connectivity index (χ4n) is 3.17. The summed E-state index contributed by atoms with van der Waals surface area (Å²) < 4.78 is 0. The average Bonchev–Trinajstić information content (AvgIpc) is 2.49. The summed E-state index contributed by atoms with van der Waals surface area (Å²) in [5, 5.41) is 3.42. The zero-order valence-corrected chi connectivity index (χ0v) is 13.8. The maximum absolute atomic E-state index is 12.8. The van der Waals surface area contributed by atoms with Crippen molar-refractivity contribution in [2.45, 2.75) is 40.2 Å². The summed E-state index contributed by atoms with van der Waals surface area (Å²) in [5.74, 6) is 0.677. The molecule has 1 aromatic rings. The number of aryl methyl sites for hydroxylation is 1. The Balaban J connectivity index is 2.01. The van der Waals surface area contributed by atoms with Crippen molar-refractivity contribution in [3.05, 3.63) is 35.4 Å². The molecule has 1 atom stereocenters. The number of benzene rings is 1. The third kappa shape index (κ3) is 3.85. The van der Waals surface area contributed by atoms with E-state index in [0.29, 0.717) is 12.5 Å². The number of hydrogen-bond acceptors (Lipinski definition) is 2.